The zero-order valence-electron chi connectivity index (χ0n) is 11.6. The summed E-state index contributed by atoms with van der Waals surface area (Å²) < 4.78 is 10.9. The summed E-state index contributed by atoms with van der Waals surface area (Å²) in [6.45, 7) is 2.26. The fourth-order valence-corrected chi connectivity index (χ4v) is 3.10. The van der Waals surface area contributed by atoms with E-state index in [0.29, 0.717) is 6.54 Å². The van der Waals surface area contributed by atoms with Crippen molar-refractivity contribution in [3.8, 4) is 0 Å². The number of rotatable bonds is 9. The normalized spacial score (nSPS) is 13.3. The molecule has 0 fully saturated rings. The molecule has 0 aliphatic carbocycles. The van der Waals surface area contributed by atoms with E-state index < -0.39 is 9.28 Å². The van der Waals surface area contributed by atoms with Gasteiger partial charge in [-0.05, 0) is 5.56 Å². The number of hydrogen-bond acceptors (Lipinski definition) is 4. The van der Waals surface area contributed by atoms with E-state index >= 15 is 0 Å². The monoisotopic (exact) mass is 279 g/mol. The quantitative estimate of drug-likeness (QED) is 0.530. The lowest BCUT2D eigenvalue weighted by atomic mass is 10.2. The molecule has 0 amide bonds. The Bertz CT molecular complexity index is 356. The molecule has 1 radical (unpaired) electrons. The van der Waals surface area contributed by atoms with Crippen molar-refractivity contribution in [1.29, 1.82) is 0 Å². The van der Waals surface area contributed by atoms with Gasteiger partial charge in [-0.25, -0.2) is 0 Å². The first-order valence-corrected chi connectivity index (χ1v) is 7.80. The Morgan fingerprint density at radius 1 is 1.26 bits per heavy atom. The molecule has 105 valence electrons. The summed E-state index contributed by atoms with van der Waals surface area (Å²) in [7, 11) is 2.10. The maximum absolute atomic E-state index is 5.49. The summed E-state index contributed by atoms with van der Waals surface area (Å²) in [5.74, 6) is 0. The topological polar surface area (TPSA) is 56.5 Å². The Kier molecular flexibility index (Phi) is 8.36. The second-order valence-electron chi connectivity index (χ2n) is 4.10. The van der Waals surface area contributed by atoms with Gasteiger partial charge in [0.15, 0.2) is 0 Å². The average Bonchev–Trinajstić information content (AvgIpc) is 2.46. The third-order valence-electron chi connectivity index (χ3n) is 2.71. The molecular weight excluding hydrogens is 256 g/mol. The predicted molar refractivity (Wildman–Crippen MR) is 80.9 cm³/mol. The molecule has 1 rings (SSSR count). The van der Waals surface area contributed by atoms with Crippen LogP contribution in [0.4, 0.5) is 0 Å². The molecule has 1 unspecified atom stereocenters. The van der Waals surface area contributed by atoms with Crippen molar-refractivity contribution in [1.82, 2.24) is 5.32 Å². The van der Waals surface area contributed by atoms with Gasteiger partial charge in [0.1, 0.15) is 0 Å². The van der Waals surface area contributed by atoms with E-state index in [1.54, 1.807) is 14.2 Å². The molecule has 0 aromatic heterocycles. The molecule has 0 spiro atoms. The molecule has 0 heterocycles. The summed E-state index contributed by atoms with van der Waals surface area (Å²) >= 11 is 0. The minimum Gasteiger partial charge on any atom is -0.396 e. The lowest BCUT2D eigenvalue weighted by Crippen LogP contribution is -2.34. The molecule has 4 nitrogen and oxygen atoms in total. The Morgan fingerprint density at radius 3 is 2.53 bits per heavy atom. The largest absolute Gasteiger partial charge is 0.396 e. The van der Waals surface area contributed by atoms with Crippen molar-refractivity contribution in [3.63, 3.8) is 0 Å². The summed E-state index contributed by atoms with van der Waals surface area (Å²) in [5.41, 5.74) is 6.91. The lowest BCUT2D eigenvalue weighted by Gasteiger charge is -2.18. The zero-order valence-corrected chi connectivity index (χ0v) is 12.6. The molecule has 19 heavy (non-hydrogen) atoms. The Morgan fingerprint density at radius 2 is 1.95 bits per heavy atom. The van der Waals surface area contributed by atoms with Gasteiger partial charge >= 0.3 is 9.28 Å². The summed E-state index contributed by atoms with van der Waals surface area (Å²) in [5, 5.41) is 3.31. The Balaban J connectivity index is 2.64. The second kappa shape index (κ2) is 9.88. The third-order valence-corrected chi connectivity index (χ3v) is 4.52. The van der Waals surface area contributed by atoms with Gasteiger partial charge in [0, 0.05) is 39.4 Å². The molecule has 5 heteroatoms. The second-order valence-corrected chi connectivity index (χ2v) is 6.29. The SMILES string of the molecule is CO[Si](OC)C(/C=C/c1ccccc1)CNCCN. The highest BCUT2D eigenvalue weighted by Crippen LogP contribution is 2.15. The van der Waals surface area contributed by atoms with Crippen LogP contribution in [0.1, 0.15) is 5.56 Å². The van der Waals surface area contributed by atoms with Crippen LogP contribution >= 0.6 is 0 Å². The maximum Gasteiger partial charge on any atom is 0.392 e. The van der Waals surface area contributed by atoms with Crippen molar-refractivity contribution in [2.45, 2.75) is 5.54 Å². The maximum atomic E-state index is 5.49. The summed E-state index contributed by atoms with van der Waals surface area (Å²) in [4.78, 5) is 0. The minimum absolute atomic E-state index is 0.242. The molecule has 3 N–H and O–H groups in total. The molecule has 0 saturated carbocycles. The molecule has 0 bridgehead atoms. The van der Waals surface area contributed by atoms with Crippen LogP contribution in [0.25, 0.3) is 6.08 Å². The van der Waals surface area contributed by atoms with Gasteiger partial charge in [-0.1, -0.05) is 42.5 Å². The first kappa shape index (κ1) is 16.1. The molecule has 1 aromatic rings. The highest BCUT2D eigenvalue weighted by molar-refractivity contribution is 6.47. The first-order chi connectivity index (χ1) is 9.31. The molecule has 1 aromatic carbocycles. The van der Waals surface area contributed by atoms with E-state index in [9.17, 15) is 0 Å². The molecule has 0 aliphatic rings. The Hall–Kier alpha value is -0.983. The van der Waals surface area contributed by atoms with Crippen molar-refractivity contribution in [2.24, 2.45) is 5.73 Å². The van der Waals surface area contributed by atoms with Crippen LogP contribution in [0.2, 0.25) is 5.54 Å². The highest BCUT2D eigenvalue weighted by Gasteiger charge is 2.23. The fourth-order valence-electron chi connectivity index (χ4n) is 1.77. The van der Waals surface area contributed by atoms with Crippen LogP contribution in [-0.4, -0.2) is 43.1 Å². The van der Waals surface area contributed by atoms with Crippen LogP contribution in [0.15, 0.2) is 36.4 Å². The van der Waals surface area contributed by atoms with Crippen molar-refractivity contribution < 1.29 is 8.85 Å². The van der Waals surface area contributed by atoms with Crippen molar-refractivity contribution in [3.05, 3.63) is 42.0 Å². The lowest BCUT2D eigenvalue weighted by molar-refractivity contribution is 0.269. The van der Waals surface area contributed by atoms with Gasteiger partial charge in [-0.15, -0.1) is 0 Å². The first-order valence-electron chi connectivity index (χ1n) is 6.40. The van der Waals surface area contributed by atoms with Crippen LogP contribution < -0.4 is 11.1 Å². The molecule has 1 atom stereocenters. The predicted octanol–water partition coefficient (Wildman–Crippen LogP) is 1.40. The van der Waals surface area contributed by atoms with Gasteiger partial charge in [-0.3, -0.25) is 0 Å². The van der Waals surface area contributed by atoms with Crippen LogP contribution in [-0.2, 0) is 8.85 Å². The standard InChI is InChI=1S/C14H23N2O2Si/c1-17-19(18-2)14(12-16-11-10-15)9-8-13-6-4-3-5-7-13/h3-9,14,16H,10-12,15H2,1-2H3/b9-8+. The van der Waals surface area contributed by atoms with E-state index in [-0.39, 0.29) is 5.54 Å². The molecular formula is C14H23N2O2Si. The highest BCUT2D eigenvalue weighted by atomic mass is 28.3. The van der Waals surface area contributed by atoms with Crippen molar-refractivity contribution >= 4 is 15.4 Å². The summed E-state index contributed by atoms with van der Waals surface area (Å²) in [6.07, 6.45) is 4.26. The van der Waals surface area contributed by atoms with E-state index in [2.05, 4.69) is 29.6 Å². The number of benzene rings is 1. The van der Waals surface area contributed by atoms with Gasteiger partial charge < -0.3 is 19.9 Å². The van der Waals surface area contributed by atoms with E-state index in [0.717, 1.165) is 13.1 Å². The van der Waals surface area contributed by atoms with Crippen LogP contribution in [0.3, 0.4) is 0 Å². The van der Waals surface area contributed by atoms with Gasteiger partial charge in [0.05, 0.1) is 0 Å². The van der Waals surface area contributed by atoms with E-state index in [1.807, 2.05) is 18.2 Å². The van der Waals surface area contributed by atoms with Crippen LogP contribution in [0.5, 0.6) is 0 Å². The molecule has 0 saturated heterocycles. The van der Waals surface area contributed by atoms with E-state index in [1.165, 1.54) is 5.56 Å². The van der Waals surface area contributed by atoms with Gasteiger partial charge in [0.25, 0.3) is 0 Å². The number of nitrogens with two attached hydrogens (primary N) is 1. The summed E-state index contributed by atoms with van der Waals surface area (Å²) in [6, 6.07) is 10.2. The average molecular weight is 279 g/mol. The molecule has 0 aliphatic heterocycles. The smallest absolute Gasteiger partial charge is 0.392 e. The van der Waals surface area contributed by atoms with Gasteiger partial charge in [0.2, 0.25) is 0 Å². The Labute approximate surface area is 117 Å². The van der Waals surface area contributed by atoms with Crippen molar-refractivity contribution in [2.75, 3.05) is 33.9 Å². The van der Waals surface area contributed by atoms with Gasteiger partial charge in [-0.2, -0.15) is 0 Å². The van der Waals surface area contributed by atoms with E-state index in [4.69, 9.17) is 14.6 Å². The number of nitrogens with one attached hydrogen (secondary N) is 1. The zero-order chi connectivity index (χ0) is 13.9. The minimum atomic E-state index is -1.30. The third kappa shape index (κ3) is 6.13. The fraction of sp³-hybridized carbons (Fsp3) is 0.429. The van der Waals surface area contributed by atoms with Crippen LogP contribution in [0, 0.1) is 0 Å². The number of hydrogen-bond donors (Lipinski definition) is 2.